The summed E-state index contributed by atoms with van der Waals surface area (Å²) in [6.07, 6.45) is 1.50. The maximum atomic E-state index is 14.6. The highest BCUT2D eigenvalue weighted by Gasteiger charge is 2.63. The second-order valence-corrected chi connectivity index (χ2v) is 17.4. The number of carbonyl (C=O) groups is 3. The van der Waals surface area contributed by atoms with Crippen LogP contribution in [0, 0.1) is 11.7 Å². The first kappa shape index (κ1) is 38.6. The number of hydrogen-bond donors (Lipinski definition) is 3. The Labute approximate surface area is 316 Å². The number of ether oxygens (including phenoxy) is 1. The average Bonchev–Trinajstić information content (AvgIpc) is 3.96. The molecule has 3 aromatic rings. The summed E-state index contributed by atoms with van der Waals surface area (Å²) in [5.41, 5.74) is -1.70. The summed E-state index contributed by atoms with van der Waals surface area (Å²) >= 11 is 0. The van der Waals surface area contributed by atoms with Gasteiger partial charge in [-0.2, -0.15) is 18.2 Å². The molecule has 17 heteroatoms. The lowest BCUT2D eigenvalue weighted by Crippen LogP contribution is -2.58. The molecule has 4 aliphatic rings. The fourth-order valence-electron chi connectivity index (χ4n) is 7.58. The first-order valence-electron chi connectivity index (χ1n) is 18.7. The number of allylic oxidation sites excluding steroid dienone is 1. The topological polar surface area (TPSA) is 152 Å². The highest BCUT2D eigenvalue weighted by molar-refractivity contribution is 7.91. The van der Waals surface area contributed by atoms with E-state index < -0.39 is 79.7 Å². The number of carbonyl (C=O) groups excluding carboxylic acids is 3. The van der Waals surface area contributed by atoms with E-state index in [1.165, 1.54) is 4.90 Å². The summed E-state index contributed by atoms with van der Waals surface area (Å²) < 4.78 is 90.8. The van der Waals surface area contributed by atoms with Crippen molar-refractivity contribution in [1.29, 1.82) is 0 Å². The molecule has 3 amide bonds. The number of sulfonamides is 1. The molecule has 0 unspecified atom stereocenters. The Morgan fingerprint density at radius 1 is 1.11 bits per heavy atom. The number of fused-ring (bicyclic) bond motifs is 3. The molecule has 5 atom stereocenters. The summed E-state index contributed by atoms with van der Waals surface area (Å²) in [4.78, 5) is 48.7. The molecule has 2 aliphatic heterocycles. The fraction of sp³-hybridized carbons (Fsp3) is 0.526. The van der Waals surface area contributed by atoms with Gasteiger partial charge in [0.15, 0.2) is 0 Å². The van der Waals surface area contributed by atoms with Crippen LogP contribution in [0.2, 0.25) is 0 Å². The van der Waals surface area contributed by atoms with E-state index in [0.717, 1.165) is 11.6 Å². The number of para-hydroxylation sites is 2. The van der Waals surface area contributed by atoms with E-state index in [9.17, 15) is 40.4 Å². The van der Waals surface area contributed by atoms with Crippen molar-refractivity contribution in [3.05, 3.63) is 66.0 Å². The van der Waals surface area contributed by atoms with Crippen molar-refractivity contribution < 1.29 is 45.1 Å². The standard InChI is InChI=1S/C38H44F4N6O6S/c1-3-47-30-14-10-9-12-28(30)44-35(47)54-25-20-31-32(49)45-37(34(51)46-55(52,53)36(2)17-18-36)21-23(37)11-7-5-4-6-8-13-29(33(50)48(31)22-25)43-24-15-16-27(39)26(19-24)38(40,41)42/h7,9-12,14-16,19,23,25,29,31,43H,3-6,8,13,17-18,20-22H2,1-2H3,(H,45,49)(H,46,51)/t23-,25-,29+,31+,37-/m1/s1. The number of alkyl halides is 3. The van der Waals surface area contributed by atoms with Crippen LogP contribution in [0.1, 0.15) is 77.2 Å². The molecule has 2 saturated carbocycles. The summed E-state index contributed by atoms with van der Waals surface area (Å²) in [7, 11) is -4.04. The number of halogens is 4. The molecule has 3 fully saturated rings. The maximum Gasteiger partial charge on any atom is 0.419 e. The Kier molecular flexibility index (Phi) is 10.1. The van der Waals surface area contributed by atoms with Gasteiger partial charge >= 0.3 is 6.18 Å². The van der Waals surface area contributed by atoms with Crippen LogP contribution in [0.5, 0.6) is 6.01 Å². The lowest BCUT2D eigenvalue weighted by molar-refractivity contribution is -0.140. The van der Waals surface area contributed by atoms with Crippen molar-refractivity contribution in [2.24, 2.45) is 5.92 Å². The van der Waals surface area contributed by atoms with Crippen molar-refractivity contribution >= 4 is 44.5 Å². The fourth-order valence-corrected chi connectivity index (χ4v) is 8.89. The van der Waals surface area contributed by atoms with Crippen molar-refractivity contribution in [2.45, 2.75) is 113 Å². The van der Waals surface area contributed by atoms with E-state index in [-0.39, 0.29) is 37.5 Å². The van der Waals surface area contributed by atoms with E-state index >= 15 is 0 Å². The lowest BCUT2D eigenvalue weighted by atomic mass is 10.0. The zero-order valence-corrected chi connectivity index (χ0v) is 31.3. The Balaban J connectivity index is 1.22. The van der Waals surface area contributed by atoms with Gasteiger partial charge < -0.3 is 20.3 Å². The number of benzene rings is 2. The zero-order chi connectivity index (χ0) is 39.3. The van der Waals surface area contributed by atoms with Crippen LogP contribution in [0.4, 0.5) is 23.2 Å². The quantitative estimate of drug-likeness (QED) is 0.202. The predicted molar refractivity (Wildman–Crippen MR) is 195 cm³/mol. The summed E-state index contributed by atoms with van der Waals surface area (Å²) in [5.74, 6) is -4.12. The van der Waals surface area contributed by atoms with E-state index in [4.69, 9.17) is 4.74 Å². The van der Waals surface area contributed by atoms with Gasteiger partial charge in [0.25, 0.3) is 11.9 Å². The second-order valence-electron chi connectivity index (χ2n) is 15.2. The number of hydrogen-bond acceptors (Lipinski definition) is 8. The lowest BCUT2D eigenvalue weighted by Gasteiger charge is -2.30. The van der Waals surface area contributed by atoms with Crippen LogP contribution in [-0.2, 0) is 37.1 Å². The molecule has 3 heterocycles. The van der Waals surface area contributed by atoms with Gasteiger partial charge in [-0.25, -0.2) is 12.8 Å². The molecule has 3 N–H and O–H groups in total. The summed E-state index contributed by atoms with van der Waals surface area (Å²) in [5, 5.41) is 5.71. The predicted octanol–water partition coefficient (Wildman–Crippen LogP) is 5.44. The van der Waals surface area contributed by atoms with Gasteiger partial charge in [-0.05, 0) is 82.7 Å². The Morgan fingerprint density at radius 2 is 1.87 bits per heavy atom. The number of aryl methyl sites for hydroxylation is 1. The average molecular weight is 789 g/mol. The first-order chi connectivity index (χ1) is 26.0. The molecule has 296 valence electrons. The largest absolute Gasteiger partial charge is 0.459 e. The maximum absolute atomic E-state index is 14.6. The normalized spacial score (nSPS) is 27.0. The summed E-state index contributed by atoms with van der Waals surface area (Å²) in [6.45, 7) is 3.87. The van der Waals surface area contributed by atoms with Crippen molar-refractivity contribution in [3.8, 4) is 6.01 Å². The van der Waals surface area contributed by atoms with Gasteiger partial charge in [-0.15, -0.1) is 0 Å². The van der Waals surface area contributed by atoms with Crippen LogP contribution in [-0.4, -0.2) is 75.6 Å². The molecule has 12 nitrogen and oxygen atoms in total. The van der Waals surface area contributed by atoms with Crippen molar-refractivity contribution in [2.75, 3.05) is 11.9 Å². The summed E-state index contributed by atoms with van der Waals surface area (Å²) in [6, 6.07) is 7.79. The monoisotopic (exact) mass is 788 g/mol. The molecule has 0 radical (unpaired) electrons. The minimum absolute atomic E-state index is 0.0272. The molecular formula is C38H44F4N6O6S. The SMILES string of the molecule is CCn1c(O[C@@H]2C[C@H]3C(=O)N[C@]4(C(=O)NS(=O)(=O)C5(C)CC5)C[C@H]4C=CCCCCC[C@H](Nc4ccc(F)c(C(F)(F)F)c4)C(=O)N3C2)nc2ccccc21. The molecule has 1 saturated heterocycles. The second kappa shape index (κ2) is 14.4. The van der Waals surface area contributed by atoms with Crippen LogP contribution < -0.4 is 20.1 Å². The Morgan fingerprint density at radius 3 is 2.60 bits per heavy atom. The minimum Gasteiger partial charge on any atom is -0.459 e. The Bertz CT molecular complexity index is 2140. The molecule has 0 spiro atoms. The van der Waals surface area contributed by atoms with Crippen LogP contribution in [0.15, 0.2) is 54.6 Å². The van der Waals surface area contributed by atoms with Gasteiger partial charge in [-0.1, -0.05) is 37.1 Å². The van der Waals surface area contributed by atoms with Crippen LogP contribution in [0.25, 0.3) is 11.0 Å². The number of aromatic nitrogens is 2. The van der Waals surface area contributed by atoms with E-state index in [1.54, 1.807) is 13.0 Å². The highest BCUT2D eigenvalue weighted by atomic mass is 32.2. The highest BCUT2D eigenvalue weighted by Crippen LogP contribution is 2.47. The van der Waals surface area contributed by atoms with Crippen LogP contribution in [0.3, 0.4) is 0 Å². The molecule has 2 aromatic carbocycles. The van der Waals surface area contributed by atoms with Gasteiger partial charge in [0, 0.05) is 24.6 Å². The van der Waals surface area contributed by atoms with Crippen LogP contribution >= 0.6 is 0 Å². The molecule has 1 aromatic heterocycles. The number of anilines is 1. The van der Waals surface area contributed by atoms with E-state index in [2.05, 4.69) is 20.3 Å². The number of amides is 3. The molecule has 55 heavy (non-hydrogen) atoms. The molecule has 2 aliphatic carbocycles. The third-order valence-corrected chi connectivity index (χ3v) is 13.5. The van der Waals surface area contributed by atoms with Gasteiger partial charge in [0.1, 0.15) is 29.5 Å². The molecule has 0 bridgehead atoms. The number of nitrogens with one attached hydrogen (secondary N) is 3. The smallest absolute Gasteiger partial charge is 0.419 e. The minimum atomic E-state index is -4.97. The van der Waals surface area contributed by atoms with Gasteiger partial charge in [0.05, 0.1) is 27.9 Å². The number of rotatable bonds is 8. The van der Waals surface area contributed by atoms with Gasteiger partial charge in [0.2, 0.25) is 21.8 Å². The van der Waals surface area contributed by atoms with E-state index in [0.29, 0.717) is 62.7 Å². The van der Waals surface area contributed by atoms with Crippen molar-refractivity contribution in [1.82, 2.24) is 24.5 Å². The number of imidazole rings is 1. The molecule has 7 rings (SSSR count). The Hall–Kier alpha value is -4.67. The zero-order valence-electron chi connectivity index (χ0n) is 30.5. The van der Waals surface area contributed by atoms with E-state index in [1.807, 2.05) is 41.8 Å². The third kappa shape index (κ3) is 7.63. The first-order valence-corrected chi connectivity index (χ1v) is 20.1. The molecular weight excluding hydrogens is 745 g/mol. The number of nitrogens with zero attached hydrogens (tertiary/aromatic N) is 3. The van der Waals surface area contributed by atoms with Crippen molar-refractivity contribution in [3.63, 3.8) is 0 Å². The van der Waals surface area contributed by atoms with Gasteiger partial charge in [-0.3, -0.25) is 23.7 Å². The third-order valence-electron chi connectivity index (χ3n) is 11.3.